The fraction of sp³-hybridized carbons (Fsp3) is 0.372. The van der Waals surface area contributed by atoms with Gasteiger partial charge in [-0.1, -0.05) is 91.9 Å². The van der Waals surface area contributed by atoms with Crippen LogP contribution in [0.3, 0.4) is 0 Å². The van der Waals surface area contributed by atoms with Crippen LogP contribution in [0.15, 0.2) is 102 Å². The standard InChI is InChI=1S/C43H49N5O7/c1-3-53-39(50)25-45-42(51)44-24-33-8-4-5-9-35(33)30-16-18-32(19-17-30)41-54-38(28(2)40(55-41)31-14-12-29(27-49)13-15-31)26-47-22-20-34(21-23-47)48-37-11-7-6-10-36(37)46-43(48)52/h4-19,28,34,38,40-41,49H,3,20-27H2,1-2H3,(H,46,52)(H2,44,45,51). The molecule has 12 heteroatoms. The van der Waals surface area contributed by atoms with E-state index in [9.17, 15) is 19.5 Å². The van der Waals surface area contributed by atoms with Gasteiger partial charge < -0.3 is 39.8 Å². The first-order chi connectivity index (χ1) is 26.8. The number of likely N-dealkylation sites (tertiary alicyclic amines) is 1. The Morgan fingerprint density at radius 2 is 1.60 bits per heavy atom. The lowest BCUT2D eigenvalue weighted by molar-refractivity contribution is -0.276. The number of ether oxygens (including phenoxy) is 3. The van der Waals surface area contributed by atoms with E-state index in [1.807, 2.05) is 102 Å². The summed E-state index contributed by atoms with van der Waals surface area (Å²) in [6.45, 7) is 6.62. The van der Waals surface area contributed by atoms with E-state index >= 15 is 0 Å². The van der Waals surface area contributed by atoms with Gasteiger partial charge in [-0.05, 0) is 59.7 Å². The molecule has 4 N–H and O–H groups in total. The Morgan fingerprint density at radius 1 is 0.891 bits per heavy atom. The molecule has 288 valence electrons. The van der Waals surface area contributed by atoms with Crippen molar-refractivity contribution in [3.05, 3.63) is 130 Å². The van der Waals surface area contributed by atoms with E-state index in [0.717, 1.165) is 76.9 Å². The number of esters is 1. The van der Waals surface area contributed by atoms with Gasteiger partial charge in [-0.3, -0.25) is 9.36 Å². The zero-order valence-electron chi connectivity index (χ0n) is 31.3. The molecule has 4 aromatic carbocycles. The van der Waals surface area contributed by atoms with Crippen molar-refractivity contribution in [3.63, 3.8) is 0 Å². The van der Waals surface area contributed by atoms with Crippen molar-refractivity contribution in [1.29, 1.82) is 0 Å². The second kappa shape index (κ2) is 17.5. The molecule has 0 bridgehead atoms. The fourth-order valence-corrected chi connectivity index (χ4v) is 7.76. The maximum absolute atomic E-state index is 12.9. The zero-order valence-corrected chi connectivity index (χ0v) is 31.3. The van der Waals surface area contributed by atoms with Crippen LogP contribution in [0, 0.1) is 5.92 Å². The molecule has 1 aromatic heterocycles. The molecule has 0 saturated carbocycles. The lowest BCUT2D eigenvalue weighted by Gasteiger charge is -2.44. The molecule has 55 heavy (non-hydrogen) atoms. The average molecular weight is 748 g/mol. The molecule has 2 saturated heterocycles. The molecule has 4 atom stereocenters. The Bertz CT molecular complexity index is 2120. The van der Waals surface area contributed by atoms with Gasteiger partial charge in [-0.15, -0.1) is 0 Å². The van der Waals surface area contributed by atoms with Crippen LogP contribution >= 0.6 is 0 Å². The highest BCUT2D eigenvalue weighted by Gasteiger charge is 2.39. The van der Waals surface area contributed by atoms with E-state index in [-0.39, 0.29) is 56.2 Å². The molecule has 4 unspecified atom stereocenters. The number of hydrogen-bond acceptors (Lipinski definition) is 8. The Morgan fingerprint density at radius 3 is 2.35 bits per heavy atom. The van der Waals surface area contributed by atoms with E-state index in [4.69, 9.17) is 14.2 Å². The highest BCUT2D eigenvalue weighted by atomic mass is 16.7. The second-order valence-electron chi connectivity index (χ2n) is 14.3. The first kappa shape index (κ1) is 38.0. The minimum Gasteiger partial charge on any atom is -0.465 e. The van der Waals surface area contributed by atoms with E-state index in [2.05, 4.69) is 27.4 Å². The van der Waals surface area contributed by atoms with Crippen molar-refractivity contribution in [3.8, 4) is 11.1 Å². The quantitative estimate of drug-likeness (QED) is 0.114. The van der Waals surface area contributed by atoms with Crippen molar-refractivity contribution in [1.82, 2.24) is 25.1 Å². The van der Waals surface area contributed by atoms with Gasteiger partial charge in [0.1, 0.15) is 6.54 Å². The number of nitrogens with zero attached hydrogens (tertiary/aromatic N) is 2. The third kappa shape index (κ3) is 8.84. The smallest absolute Gasteiger partial charge is 0.326 e. The molecule has 2 amide bonds. The number of fused-ring (bicyclic) bond motifs is 1. The summed E-state index contributed by atoms with van der Waals surface area (Å²) in [6, 6.07) is 31.5. The number of piperidine rings is 1. The molecular weight excluding hydrogens is 699 g/mol. The van der Waals surface area contributed by atoms with Gasteiger partial charge in [-0.25, -0.2) is 9.59 Å². The molecular formula is C43H49N5O7. The van der Waals surface area contributed by atoms with Crippen molar-refractivity contribution >= 4 is 23.0 Å². The van der Waals surface area contributed by atoms with Crippen molar-refractivity contribution in [2.24, 2.45) is 5.92 Å². The van der Waals surface area contributed by atoms with Crippen LogP contribution in [-0.2, 0) is 32.2 Å². The van der Waals surface area contributed by atoms with Gasteiger partial charge in [0, 0.05) is 43.7 Å². The van der Waals surface area contributed by atoms with Crippen molar-refractivity contribution in [2.75, 3.05) is 32.8 Å². The Labute approximate surface area is 320 Å². The van der Waals surface area contributed by atoms with Crippen molar-refractivity contribution in [2.45, 2.75) is 64.4 Å². The van der Waals surface area contributed by atoms with Gasteiger partial charge >= 0.3 is 17.7 Å². The largest absolute Gasteiger partial charge is 0.465 e. The maximum Gasteiger partial charge on any atom is 0.326 e. The van der Waals surface area contributed by atoms with Crippen molar-refractivity contribution < 1.29 is 28.9 Å². The number of carbonyl (C=O) groups excluding carboxylic acids is 2. The average Bonchev–Trinajstić information content (AvgIpc) is 3.56. The minimum atomic E-state index is -0.611. The number of rotatable bonds is 12. The summed E-state index contributed by atoms with van der Waals surface area (Å²) in [5, 5.41) is 15.0. The van der Waals surface area contributed by atoms with E-state index in [0.29, 0.717) is 0 Å². The molecule has 12 nitrogen and oxygen atoms in total. The summed E-state index contributed by atoms with van der Waals surface area (Å²) in [4.78, 5) is 42.3. The molecule has 7 rings (SSSR count). The Hall–Kier alpha value is -5.27. The number of H-pyrrole nitrogens is 1. The minimum absolute atomic E-state index is 0.0232. The number of hydrogen-bond donors (Lipinski definition) is 4. The number of imidazole rings is 1. The molecule has 0 aliphatic carbocycles. The number of amides is 2. The van der Waals surface area contributed by atoms with Gasteiger partial charge in [-0.2, -0.15) is 0 Å². The number of urea groups is 1. The normalized spacial score (nSPS) is 20.6. The topological polar surface area (TPSA) is 147 Å². The van der Waals surface area contributed by atoms with Gasteiger partial charge in [0.25, 0.3) is 0 Å². The van der Waals surface area contributed by atoms with Crippen LogP contribution in [0.2, 0.25) is 0 Å². The van der Waals surface area contributed by atoms with Gasteiger partial charge in [0.05, 0.1) is 36.5 Å². The molecule has 0 spiro atoms. The number of aromatic amines is 1. The number of aliphatic hydroxyl groups is 1. The molecule has 2 aliphatic heterocycles. The lowest BCUT2D eigenvalue weighted by Crippen LogP contribution is -2.47. The zero-order chi connectivity index (χ0) is 38.3. The number of nitrogens with one attached hydrogen (secondary N) is 3. The number of benzene rings is 4. The summed E-state index contributed by atoms with van der Waals surface area (Å²) < 4.78 is 20.3. The predicted octanol–water partition coefficient (Wildman–Crippen LogP) is 5.98. The van der Waals surface area contributed by atoms with Crippen LogP contribution in [0.4, 0.5) is 4.79 Å². The van der Waals surface area contributed by atoms with E-state index in [1.54, 1.807) is 6.92 Å². The molecule has 2 fully saturated rings. The highest BCUT2D eigenvalue weighted by Crippen LogP contribution is 2.42. The molecule has 5 aromatic rings. The summed E-state index contributed by atoms with van der Waals surface area (Å²) in [7, 11) is 0. The van der Waals surface area contributed by atoms with Crippen LogP contribution in [-0.4, -0.2) is 70.4 Å². The van der Waals surface area contributed by atoms with E-state index in [1.165, 1.54) is 0 Å². The van der Waals surface area contributed by atoms with Gasteiger partial charge in [0.15, 0.2) is 6.29 Å². The van der Waals surface area contributed by atoms with Crippen LogP contribution in [0.5, 0.6) is 0 Å². The summed E-state index contributed by atoms with van der Waals surface area (Å²) in [6.07, 6.45) is 0.757. The first-order valence-electron chi connectivity index (χ1n) is 19.1. The molecule has 0 radical (unpaired) electrons. The third-order valence-electron chi connectivity index (χ3n) is 10.8. The van der Waals surface area contributed by atoms with Gasteiger partial charge in [0.2, 0.25) is 0 Å². The monoisotopic (exact) mass is 747 g/mol. The summed E-state index contributed by atoms with van der Waals surface area (Å²) in [5.41, 5.74) is 7.40. The SMILES string of the molecule is CCOC(=O)CNC(=O)NCc1ccccc1-c1ccc(C2OC(CN3CCC(n4c(=O)[nH]c5ccccc54)CC3)C(C)C(c3ccc(CO)cc3)O2)cc1. The number of aliphatic hydroxyl groups excluding tert-OH is 1. The third-order valence-corrected chi connectivity index (χ3v) is 10.8. The summed E-state index contributed by atoms with van der Waals surface area (Å²) in [5.74, 6) is -0.449. The predicted molar refractivity (Wildman–Crippen MR) is 209 cm³/mol. The first-order valence-corrected chi connectivity index (χ1v) is 19.1. The van der Waals surface area contributed by atoms with Crippen LogP contribution in [0.1, 0.15) is 67.4 Å². The number of para-hydroxylation sites is 2. The molecule has 2 aliphatic rings. The maximum atomic E-state index is 12.9. The fourth-order valence-electron chi connectivity index (χ4n) is 7.76. The number of carbonyl (C=O) groups is 2. The number of aromatic nitrogens is 2. The highest BCUT2D eigenvalue weighted by molar-refractivity contribution is 5.81. The summed E-state index contributed by atoms with van der Waals surface area (Å²) >= 11 is 0. The molecule has 3 heterocycles. The second-order valence-corrected chi connectivity index (χ2v) is 14.3. The van der Waals surface area contributed by atoms with Crippen LogP contribution in [0.25, 0.3) is 22.2 Å². The van der Waals surface area contributed by atoms with E-state index < -0.39 is 18.3 Å². The Kier molecular flexibility index (Phi) is 12.1. The lowest BCUT2D eigenvalue weighted by atomic mass is 9.89. The van der Waals surface area contributed by atoms with Crippen LogP contribution < -0.4 is 16.3 Å². The Balaban J connectivity index is 1.05.